The average Bonchev–Trinajstić information content (AvgIpc) is 2.56. The molecule has 1 N–H and O–H groups in total. The smallest absolute Gasteiger partial charge is 0.246 e. The number of benzene rings is 2. The van der Waals surface area contributed by atoms with Crippen LogP contribution >= 0.6 is 23.2 Å². The third kappa shape index (κ3) is 5.62. The molecule has 0 aliphatic rings. The average molecular weight is 377 g/mol. The van der Waals surface area contributed by atoms with Crippen LogP contribution in [0.25, 0.3) is 6.08 Å². The molecule has 0 spiro atoms. The summed E-state index contributed by atoms with van der Waals surface area (Å²) in [6, 6.07) is 12.5. The summed E-state index contributed by atoms with van der Waals surface area (Å²) in [5, 5.41) is 3.66. The lowest BCUT2D eigenvalue weighted by Crippen LogP contribution is -2.33. The number of carbonyl (C=O) groups is 2. The molecule has 0 saturated carbocycles. The normalized spacial score (nSPS) is 10.7. The van der Waals surface area contributed by atoms with E-state index in [0.29, 0.717) is 21.3 Å². The molecule has 0 atom stereocenters. The monoisotopic (exact) mass is 376 g/mol. The molecular formula is C19H18Cl2N2O2. The van der Waals surface area contributed by atoms with Crippen LogP contribution in [-0.2, 0) is 9.59 Å². The summed E-state index contributed by atoms with van der Waals surface area (Å²) in [6.45, 7) is 1.91. The van der Waals surface area contributed by atoms with Gasteiger partial charge in [-0.3, -0.25) is 9.59 Å². The van der Waals surface area contributed by atoms with Crippen LogP contribution in [0.3, 0.4) is 0 Å². The van der Waals surface area contributed by atoms with Gasteiger partial charge in [0.1, 0.15) is 0 Å². The maximum atomic E-state index is 12.1. The zero-order valence-electron chi connectivity index (χ0n) is 13.9. The van der Waals surface area contributed by atoms with Gasteiger partial charge in [-0.05, 0) is 37.3 Å². The number of hydrogen-bond donors (Lipinski definition) is 1. The fourth-order valence-corrected chi connectivity index (χ4v) is 2.61. The van der Waals surface area contributed by atoms with E-state index in [4.69, 9.17) is 23.2 Å². The summed E-state index contributed by atoms with van der Waals surface area (Å²) >= 11 is 12.1. The topological polar surface area (TPSA) is 49.4 Å². The van der Waals surface area contributed by atoms with Crippen LogP contribution in [0.15, 0.2) is 48.5 Å². The molecule has 0 aromatic heterocycles. The molecule has 0 saturated heterocycles. The third-order valence-corrected chi connectivity index (χ3v) is 4.14. The highest BCUT2D eigenvalue weighted by Crippen LogP contribution is 2.25. The Labute approximate surface area is 157 Å². The van der Waals surface area contributed by atoms with Crippen molar-refractivity contribution in [3.8, 4) is 0 Å². The van der Waals surface area contributed by atoms with Gasteiger partial charge in [0.25, 0.3) is 0 Å². The van der Waals surface area contributed by atoms with E-state index < -0.39 is 0 Å². The second kappa shape index (κ2) is 8.70. The van der Waals surface area contributed by atoms with Crippen LogP contribution < -0.4 is 5.32 Å². The lowest BCUT2D eigenvalue weighted by molar-refractivity contribution is -0.129. The zero-order chi connectivity index (χ0) is 18.4. The number of halogens is 2. The summed E-state index contributed by atoms with van der Waals surface area (Å²) in [6.07, 6.45) is 2.88. The van der Waals surface area contributed by atoms with E-state index in [0.717, 1.165) is 5.56 Å². The van der Waals surface area contributed by atoms with Gasteiger partial charge in [0.2, 0.25) is 11.8 Å². The summed E-state index contributed by atoms with van der Waals surface area (Å²) in [4.78, 5) is 25.5. The lowest BCUT2D eigenvalue weighted by atomic mass is 10.2. The fourth-order valence-electron chi connectivity index (χ4n) is 2.08. The van der Waals surface area contributed by atoms with E-state index in [1.54, 1.807) is 31.3 Å². The van der Waals surface area contributed by atoms with Gasteiger partial charge in [-0.2, -0.15) is 0 Å². The van der Waals surface area contributed by atoms with Crippen molar-refractivity contribution in [1.29, 1.82) is 0 Å². The molecule has 0 radical (unpaired) electrons. The van der Waals surface area contributed by atoms with Crippen LogP contribution in [0, 0.1) is 6.92 Å². The van der Waals surface area contributed by atoms with E-state index >= 15 is 0 Å². The highest BCUT2D eigenvalue weighted by molar-refractivity contribution is 6.37. The SMILES string of the molecule is Cc1ccc(NC(=O)CN(C)C(=O)/C=C/c2c(Cl)cccc2Cl)cc1. The van der Waals surface area contributed by atoms with Crippen LogP contribution in [0.1, 0.15) is 11.1 Å². The Hall–Kier alpha value is -2.30. The highest BCUT2D eigenvalue weighted by atomic mass is 35.5. The molecule has 0 heterocycles. The Morgan fingerprint density at radius 3 is 2.28 bits per heavy atom. The molecule has 4 nitrogen and oxygen atoms in total. The lowest BCUT2D eigenvalue weighted by Gasteiger charge is -2.15. The maximum absolute atomic E-state index is 12.1. The highest BCUT2D eigenvalue weighted by Gasteiger charge is 2.11. The predicted octanol–water partition coefficient (Wildman–Crippen LogP) is 4.41. The Kier molecular flexibility index (Phi) is 6.62. The Balaban J connectivity index is 1.94. The van der Waals surface area contributed by atoms with E-state index in [-0.39, 0.29) is 18.4 Å². The number of aryl methyl sites for hydroxylation is 1. The number of anilines is 1. The van der Waals surface area contributed by atoms with E-state index in [1.807, 2.05) is 31.2 Å². The minimum Gasteiger partial charge on any atom is -0.333 e. The first-order valence-corrected chi connectivity index (χ1v) is 8.36. The number of likely N-dealkylation sites (N-methyl/N-ethyl adjacent to an activating group) is 1. The molecule has 0 aliphatic heterocycles. The second-order valence-corrected chi connectivity index (χ2v) is 6.39. The number of amides is 2. The molecule has 0 aliphatic carbocycles. The van der Waals surface area contributed by atoms with Gasteiger partial charge in [-0.15, -0.1) is 0 Å². The van der Waals surface area contributed by atoms with Gasteiger partial charge >= 0.3 is 0 Å². The predicted molar refractivity (Wildman–Crippen MR) is 103 cm³/mol. The van der Waals surface area contributed by atoms with Crippen LogP contribution in [0.5, 0.6) is 0 Å². The molecule has 2 amide bonds. The van der Waals surface area contributed by atoms with Crippen molar-refractivity contribution in [3.63, 3.8) is 0 Å². The Bertz CT molecular complexity index is 781. The zero-order valence-corrected chi connectivity index (χ0v) is 15.4. The van der Waals surface area contributed by atoms with E-state index in [9.17, 15) is 9.59 Å². The molecule has 2 aromatic carbocycles. The molecular weight excluding hydrogens is 359 g/mol. The summed E-state index contributed by atoms with van der Waals surface area (Å²) < 4.78 is 0. The van der Waals surface area contributed by atoms with Crippen molar-refractivity contribution in [2.24, 2.45) is 0 Å². The van der Waals surface area contributed by atoms with E-state index in [2.05, 4.69) is 5.32 Å². The van der Waals surface area contributed by atoms with Crippen molar-refractivity contribution >= 4 is 46.8 Å². The Morgan fingerprint density at radius 1 is 1.08 bits per heavy atom. The van der Waals surface area contributed by atoms with Gasteiger partial charge < -0.3 is 10.2 Å². The van der Waals surface area contributed by atoms with Crippen LogP contribution in [-0.4, -0.2) is 30.3 Å². The van der Waals surface area contributed by atoms with Gasteiger partial charge in [0.15, 0.2) is 0 Å². The van der Waals surface area contributed by atoms with Crippen LogP contribution in [0.4, 0.5) is 5.69 Å². The molecule has 0 fully saturated rings. The number of carbonyl (C=O) groups excluding carboxylic acids is 2. The minimum atomic E-state index is -0.324. The van der Waals surface area contributed by atoms with Crippen molar-refractivity contribution in [2.45, 2.75) is 6.92 Å². The first-order chi connectivity index (χ1) is 11.9. The van der Waals surface area contributed by atoms with Gasteiger partial charge in [0.05, 0.1) is 6.54 Å². The van der Waals surface area contributed by atoms with E-state index in [1.165, 1.54) is 11.0 Å². The first-order valence-electron chi connectivity index (χ1n) is 7.60. The number of hydrogen-bond acceptors (Lipinski definition) is 2. The number of rotatable bonds is 5. The maximum Gasteiger partial charge on any atom is 0.246 e. The van der Waals surface area contributed by atoms with Crippen LogP contribution in [0.2, 0.25) is 10.0 Å². The molecule has 2 rings (SSSR count). The molecule has 0 bridgehead atoms. The van der Waals surface area contributed by atoms with Crippen molar-refractivity contribution in [3.05, 3.63) is 69.7 Å². The van der Waals surface area contributed by atoms with Gasteiger partial charge in [-0.1, -0.05) is 47.0 Å². The van der Waals surface area contributed by atoms with Crippen molar-refractivity contribution in [1.82, 2.24) is 4.90 Å². The summed E-state index contributed by atoms with van der Waals surface area (Å²) in [5.41, 5.74) is 2.36. The number of nitrogens with zero attached hydrogens (tertiary/aromatic N) is 1. The van der Waals surface area contributed by atoms with Gasteiger partial charge in [-0.25, -0.2) is 0 Å². The standard InChI is InChI=1S/C19H18Cl2N2O2/c1-13-6-8-14(9-7-13)22-18(24)12-23(2)19(25)11-10-15-16(20)4-3-5-17(15)21/h3-11H,12H2,1-2H3,(H,22,24)/b11-10+. The molecule has 6 heteroatoms. The molecule has 130 valence electrons. The fraction of sp³-hybridized carbons (Fsp3) is 0.158. The number of nitrogens with one attached hydrogen (secondary N) is 1. The third-order valence-electron chi connectivity index (χ3n) is 3.48. The van der Waals surface area contributed by atoms with Crippen molar-refractivity contribution in [2.75, 3.05) is 18.9 Å². The summed E-state index contributed by atoms with van der Waals surface area (Å²) in [5.74, 6) is -0.598. The first kappa shape index (κ1) is 19.0. The van der Waals surface area contributed by atoms with Crippen molar-refractivity contribution < 1.29 is 9.59 Å². The minimum absolute atomic E-state index is 0.0622. The second-order valence-electron chi connectivity index (χ2n) is 5.58. The molecule has 0 unspecified atom stereocenters. The quantitative estimate of drug-likeness (QED) is 0.785. The Morgan fingerprint density at radius 2 is 1.68 bits per heavy atom. The molecule has 25 heavy (non-hydrogen) atoms. The largest absolute Gasteiger partial charge is 0.333 e. The molecule has 2 aromatic rings. The summed E-state index contributed by atoms with van der Waals surface area (Å²) in [7, 11) is 1.55. The van der Waals surface area contributed by atoms with Gasteiger partial charge in [0, 0.05) is 34.4 Å².